The second-order valence-electron chi connectivity index (χ2n) is 4.05. The fraction of sp³-hybridized carbons (Fsp3) is 0.167. The van der Waals surface area contributed by atoms with Crippen LogP contribution in [0, 0.1) is 0 Å². The van der Waals surface area contributed by atoms with Crippen LogP contribution in [0.5, 0.6) is 5.75 Å². The third kappa shape index (κ3) is 3.62. The number of alkyl halides is 3. The zero-order chi connectivity index (χ0) is 14.0. The molecule has 7 heteroatoms. The maximum absolute atomic E-state index is 12.0. The van der Waals surface area contributed by atoms with Crippen molar-refractivity contribution in [1.82, 2.24) is 0 Å². The Morgan fingerprint density at radius 3 is 2.26 bits per heavy atom. The molecule has 0 aromatic heterocycles. The summed E-state index contributed by atoms with van der Waals surface area (Å²) in [5.41, 5.74) is 0.316. The third-order valence-electron chi connectivity index (χ3n) is 2.54. The molecule has 2 aromatic carbocycles. The molecule has 2 N–H and O–H groups in total. The fourth-order valence-corrected chi connectivity index (χ4v) is 1.66. The molecule has 0 atom stereocenters. The molecule has 0 aliphatic rings. The number of halogens is 3. The average Bonchev–Trinajstić information content (AvgIpc) is 2.34. The Labute approximate surface area is 107 Å². The minimum atomic E-state index is -4.38. The largest absolute Gasteiger partial charge is 0.488 e. The minimum absolute atomic E-state index is 0.113. The number of benzene rings is 2. The lowest BCUT2D eigenvalue weighted by molar-refractivity contribution is -0.153. The Morgan fingerprint density at radius 1 is 1.00 bits per heavy atom. The van der Waals surface area contributed by atoms with Crippen LogP contribution in [0.15, 0.2) is 36.4 Å². The summed E-state index contributed by atoms with van der Waals surface area (Å²) in [4.78, 5) is 0. The molecule has 0 fully saturated rings. The first-order valence-electron chi connectivity index (χ1n) is 5.44. The molecule has 0 spiro atoms. The Hall–Kier alpha value is -1.73. The van der Waals surface area contributed by atoms with Gasteiger partial charge in [-0.2, -0.15) is 13.2 Å². The molecule has 100 valence electrons. The van der Waals surface area contributed by atoms with Crippen LogP contribution >= 0.6 is 0 Å². The van der Waals surface area contributed by atoms with Gasteiger partial charge in [-0.3, -0.25) is 0 Å². The number of rotatable bonds is 3. The normalized spacial score (nSPS) is 11.6. The van der Waals surface area contributed by atoms with Gasteiger partial charge in [0.25, 0.3) is 0 Å². The smallest absolute Gasteiger partial charge is 0.484 e. The summed E-state index contributed by atoms with van der Waals surface area (Å²) in [6.07, 6.45) is -4.38. The van der Waals surface area contributed by atoms with Crippen molar-refractivity contribution in [2.75, 3.05) is 6.61 Å². The summed E-state index contributed by atoms with van der Waals surface area (Å²) in [6, 6.07) is 9.06. The van der Waals surface area contributed by atoms with Gasteiger partial charge >= 0.3 is 13.3 Å². The van der Waals surface area contributed by atoms with E-state index in [-0.39, 0.29) is 5.75 Å². The number of ether oxygens (including phenoxy) is 1. The van der Waals surface area contributed by atoms with Crippen molar-refractivity contribution in [3.05, 3.63) is 36.4 Å². The van der Waals surface area contributed by atoms with Crippen molar-refractivity contribution in [2.24, 2.45) is 0 Å². The zero-order valence-electron chi connectivity index (χ0n) is 9.69. The van der Waals surface area contributed by atoms with Gasteiger partial charge in [0.2, 0.25) is 0 Å². The lowest BCUT2D eigenvalue weighted by atomic mass is 9.79. The van der Waals surface area contributed by atoms with Gasteiger partial charge in [-0.15, -0.1) is 0 Å². The predicted octanol–water partition coefficient (Wildman–Crippen LogP) is 1.46. The molecule has 0 radical (unpaired) electrons. The molecule has 0 saturated heterocycles. The van der Waals surface area contributed by atoms with E-state index in [9.17, 15) is 13.2 Å². The van der Waals surface area contributed by atoms with Crippen LogP contribution in [0.3, 0.4) is 0 Å². The lowest BCUT2D eigenvalue weighted by Gasteiger charge is -2.10. The van der Waals surface area contributed by atoms with E-state index in [0.29, 0.717) is 16.2 Å². The average molecular weight is 270 g/mol. The van der Waals surface area contributed by atoms with Crippen LogP contribution in [0.25, 0.3) is 10.8 Å². The highest BCUT2D eigenvalue weighted by atomic mass is 19.4. The summed E-state index contributed by atoms with van der Waals surface area (Å²) in [5, 5.41) is 19.4. The van der Waals surface area contributed by atoms with E-state index in [0.717, 1.165) is 0 Å². The van der Waals surface area contributed by atoms with Gasteiger partial charge in [0.15, 0.2) is 6.61 Å². The van der Waals surface area contributed by atoms with Crippen molar-refractivity contribution in [1.29, 1.82) is 0 Å². The molecule has 0 amide bonds. The van der Waals surface area contributed by atoms with E-state index in [1.54, 1.807) is 18.2 Å². The molecular weight excluding hydrogens is 260 g/mol. The van der Waals surface area contributed by atoms with Gasteiger partial charge in [-0.05, 0) is 28.4 Å². The van der Waals surface area contributed by atoms with Gasteiger partial charge in [-0.25, -0.2) is 0 Å². The van der Waals surface area contributed by atoms with E-state index < -0.39 is 19.9 Å². The van der Waals surface area contributed by atoms with Crippen LogP contribution in [-0.2, 0) is 0 Å². The first-order chi connectivity index (χ1) is 8.85. The van der Waals surface area contributed by atoms with E-state index in [1.165, 1.54) is 18.2 Å². The van der Waals surface area contributed by atoms with Crippen LogP contribution in [0.1, 0.15) is 0 Å². The fourth-order valence-electron chi connectivity index (χ4n) is 1.66. The predicted molar refractivity (Wildman–Crippen MR) is 65.3 cm³/mol. The number of fused-ring (bicyclic) bond motifs is 1. The maximum Gasteiger partial charge on any atom is 0.488 e. The van der Waals surface area contributed by atoms with Gasteiger partial charge in [0.05, 0.1) is 0 Å². The molecule has 2 aromatic rings. The minimum Gasteiger partial charge on any atom is -0.484 e. The Kier molecular flexibility index (Phi) is 3.68. The topological polar surface area (TPSA) is 49.7 Å². The van der Waals surface area contributed by atoms with E-state index >= 15 is 0 Å². The summed E-state index contributed by atoms with van der Waals surface area (Å²) >= 11 is 0. The monoisotopic (exact) mass is 270 g/mol. The lowest BCUT2D eigenvalue weighted by Crippen LogP contribution is -2.29. The molecule has 0 aliphatic heterocycles. The van der Waals surface area contributed by atoms with Crippen molar-refractivity contribution < 1.29 is 28.0 Å². The highest BCUT2D eigenvalue weighted by molar-refractivity contribution is 6.58. The molecule has 0 bridgehead atoms. The molecule has 2 rings (SSSR count). The molecular formula is C12H10BF3O3. The number of hydrogen-bond donors (Lipinski definition) is 2. The van der Waals surface area contributed by atoms with Crippen molar-refractivity contribution in [3.8, 4) is 5.75 Å². The summed E-state index contributed by atoms with van der Waals surface area (Å²) in [6.45, 7) is -1.34. The van der Waals surface area contributed by atoms with E-state index in [4.69, 9.17) is 10.0 Å². The molecule has 19 heavy (non-hydrogen) atoms. The molecule has 0 heterocycles. The molecule has 3 nitrogen and oxygen atoms in total. The summed E-state index contributed by atoms with van der Waals surface area (Å²) < 4.78 is 40.7. The highest BCUT2D eigenvalue weighted by Crippen LogP contribution is 2.22. The van der Waals surface area contributed by atoms with Crippen LogP contribution < -0.4 is 10.2 Å². The Morgan fingerprint density at radius 2 is 1.63 bits per heavy atom. The standard InChI is InChI=1S/C12H10BF3O3/c14-12(15,16)7-19-11-4-2-8-5-10(13(17)18)3-1-9(8)6-11/h1-6,17-18H,7H2. The first kappa shape index (κ1) is 13.7. The zero-order valence-corrected chi connectivity index (χ0v) is 9.69. The van der Waals surface area contributed by atoms with Gasteiger partial charge in [0.1, 0.15) is 5.75 Å². The van der Waals surface area contributed by atoms with Crippen LogP contribution in [0.2, 0.25) is 0 Å². The highest BCUT2D eigenvalue weighted by Gasteiger charge is 2.28. The number of hydrogen-bond acceptors (Lipinski definition) is 3. The summed E-state index contributed by atoms with van der Waals surface area (Å²) in [5.74, 6) is 0.113. The van der Waals surface area contributed by atoms with E-state index in [2.05, 4.69) is 4.74 Å². The van der Waals surface area contributed by atoms with Gasteiger partial charge < -0.3 is 14.8 Å². The Bertz CT molecular complexity index is 584. The quantitative estimate of drug-likeness (QED) is 0.830. The SMILES string of the molecule is OB(O)c1ccc2cc(OCC(F)(F)F)ccc2c1. The van der Waals surface area contributed by atoms with Crippen molar-refractivity contribution in [2.45, 2.75) is 6.18 Å². The molecule has 0 unspecified atom stereocenters. The second-order valence-corrected chi connectivity index (χ2v) is 4.05. The molecule has 0 saturated carbocycles. The Balaban J connectivity index is 2.24. The van der Waals surface area contributed by atoms with E-state index in [1.807, 2.05) is 0 Å². The maximum atomic E-state index is 12.0. The third-order valence-corrected chi connectivity index (χ3v) is 2.54. The first-order valence-corrected chi connectivity index (χ1v) is 5.44. The van der Waals surface area contributed by atoms with Crippen molar-refractivity contribution >= 4 is 23.4 Å². The summed E-state index contributed by atoms with van der Waals surface area (Å²) in [7, 11) is -1.58. The second kappa shape index (κ2) is 5.10. The van der Waals surface area contributed by atoms with Crippen LogP contribution in [-0.4, -0.2) is 29.9 Å². The van der Waals surface area contributed by atoms with Gasteiger partial charge in [0, 0.05) is 0 Å². The molecule has 0 aliphatic carbocycles. The van der Waals surface area contributed by atoms with Crippen molar-refractivity contribution in [3.63, 3.8) is 0 Å². The van der Waals surface area contributed by atoms with Gasteiger partial charge in [-0.1, -0.05) is 24.3 Å². The van der Waals surface area contributed by atoms with Crippen LogP contribution in [0.4, 0.5) is 13.2 Å².